The highest BCUT2D eigenvalue weighted by molar-refractivity contribution is 7.91. The molecule has 0 spiro atoms. The van der Waals surface area contributed by atoms with Gasteiger partial charge in [-0.25, -0.2) is 8.42 Å². The SMILES string of the molecule is NC(=S)c1ccc(NC2CCS(=O)(=O)CC2)cc1. The lowest BCUT2D eigenvalue weighted by molar-refractivity contribution is 0.559. The van der Waals surface area contributed by atoms with Gasteiger partial charge in [-0.3, -0.25) is 0 Å². The molecule has 4 nitrogen and oxygen atoms in total. The van der Waals surface area contributed by atoms with Crippen LogP contribution in [-0.2, 0) is 9.84 Å². The van der Waals surface area contributed by atoms with Gasteiger partial charge in [0.2, 0.25) is 0 Å². The Morgan fingerprint density at radius 2 is 1.78 bits per heavy atom. The molecule has 1 aromatic carbocycles. The second-order valence-electron chi connectivity index (χ2n) is 4.51. The Morgan fingerprint density at radius 1 is 1.22 bits per heavy atom. The summed E-state index contributed by atoms with van der Waals surface area (Å²) in [5.41, 5.74) is 7.33. The molecular formula is C12H16N2O2S2. The number of sulfone groups is 1. The van der Waals surface area contributed by atoms with Gasteiger partial charge in [-0.2, -0.15) is 0 Å². The van der Waals surface area contributed by atoms with Crippen molar-refractivity contribution in [2.75, 3.05) is 16.8 Å². The van der Waals surface area contributed by atoms with Gasteiger partial charge in [0.1, 0.15) is 14.8 Å². The minimum absolute atomic E-state index is 0.226. The average Bonchev–Trinajstić information content (AvgIpc) is 2.33. The van der Waals surface area contributed by atoms with E-state index < -0.39 is 9.84 Å². The third-order valence-electron chi connectivity index (χ3n) is 3.09. The van der Waals surface area contributed by atoms with Crippen LogP contribution in [0.1, 0.15) is 18.4 Å². The van der Waals surface area contributed by atoms with E-state index in [-0.39, 0.29) is 17.5 Å². The molecule has 1 aliphatic rings. The van der Waals surface area contributed by atoms with Crippen molar-refractivity contribution in [1.82, 2.24) is 0 Å². The molecule has 2 rings (SSSR count). The van der Waals surface area contributed by atoms with E-state index in [9.17, 15) is 8.42 Å². The average molecular weight is 284 g/mol. The Morgan fingerprint density at radius 3 is 2.28 bits per heavy atom. The molecule has 0 unspecified atom stereocenters. The van der Waals surface area contributed by atoms with Gasteiger partial charge >= 0.3 is 0 Å². The minimum atomic E-state index is -2.80. The Bertz CT molecular complexity index is 524. The van der Waals surface area contributed by atoms with E-state index in [2.05, 4.69) is 5.32 Å². The quantitative estimate of drug-likeness (QED) is 0.819. The lowest BCUT2D eigenvalue weighted by Gasteiger charge is -2.24. The molecule has 0 amide bonds. The molecule has 1 aliphatic heterocycles. The van der Waals surface area contributed by atoms with Crippen LogP contribution in [0.25, 0.3) is 0 Å². The molecule has 0 saturated carbocycles. The van der Waals surface area contributed by atoms with Crippen LogP contribution < -0.4 is 11.1 Å². The van der Waals surface area contributed by atoms with Gasteiger partial charge in [-0.15, -0.1) is 0 Å². The summed E-state index contributed by atoms with van der Waals surface area (Å²) in [6, 6.07) is 7.79. The molecule has 0 aliphatic carbocycles. The molecule has 1 heterocycles. The number of nitrogens with one attached hydrogen (secondary N) is 1. The zero-order valence-electron chi connectivity index (χ0n) is 9.93. The maximum Gasteiger partial charge on any atom is 0.150 e. The summed E-state index contributed by atoms with van der Waals surface area (Å²) in [6.45, 7) is 0. The fraction of sp³-hybridized carbons (Fsp3) is 0.417. The predicted molar refractivity (Wildman–Crippen MR) is 77.6 cm³/mol. The first kappa shape index (κ1) is 13.3. The molecule has 0 radical (unpaired) electrons. The van der Waals surface area contributed by atoms with Crippen LogP contribution in [0, 0.1) is 0 Å². The number of thiocarbonyl (C=S) groups is 1. The standard InChI is InChI=1S/C12H16N2O2S2/c13-12(17)9-1-3-10(4-2-9)14-11-5-7-18(15,16)8-6-11/h1-4,11,14H,5-8H2,(H2,13,17). The molecule has 1 saturated heterocycles. The predicted octanol–water partition coefficient (Wildman–Crippen LogP) is 1.31. The highest BCUT2D eigenvalue weighted by Crippen LogP contribution is 2.18. The summed E-state index contributed by atoms with van der Waals surface area (Å²) in [5, 5.41) is 3.34. The number of hydrogen-bond donors (Lipinski definition) is 2. The van der Waals surface area contributed by atoms with Crippen molar-refractivity contribution in [3.63, 3.8) is 0 Å². The number of nitrogens with two attached hydrogens (primary N) is 1. The van der Waals surface area contributed by atoms with E-state index in [1.807, 2.05) is 24.3 Å². The first-order valence-corrected chi connectivity index (χ1v) is 8.06. The van der Waals surface area contributed by atoms with Gasteiger partial charge in [0.05, 0.1) is 11.5 Å². The summed E-state index contributed by atoms with van der Waals surface area (Å²) in [4.78, 5) is 0.380. The van der Waals surface area contributed by atoms with Crippen LogP contribution in [0.15, 0.2) is 24.3 Å². The molecule has 0 atom stereocenters. The third kappa shape index (κ3) is 3.43. The monoisotopic (exact) mass is 284 g/mol. The van der Waals surface area contributed by atoms with Crippen molar-refractivity contribution in [2.24, 2.45) is 5.73 Å². The maximum atomic E-state index is 11.3. The molecule has 98 valence electrons. The third-order valence-corrected chi connectivity index (χ3v) is 5.05. The molecule has 18 heavy (non-hydrogen) atoms. The zero-order chi connectivity index (χ0) is 13.2. The van der Waals surface area contributed by atoms with Crippen LogP contribution in [0.5, 0.6) is 0 Å². The van der Waals surface area contributed by atoms with Gasteiger partial charge in [0.15, 0.2) is 0 Å². The van der Waals surface area contributed by atoms with Crippen molar-refractivity contribution in [1.29, 1.82) is 0 Å². The highest BCUT2D eigenvalue weighted by atomic mass is 32.2. The lowest BCUT2D eigenvalue weighted by Crippen LogP contribution is -2.32. The summed E-state index contributed by atoms with van der Waals surface area (Å²) in [7, 11) is -2.80. The fourth-order valence-corrected chi connectivity index (χ4v) is 3.63. The van der Waals surface area contributed by atoms with Crippen molar-refractivity contribution in [3.05, 3.63) is 29.8 Å². The van der Waals surface area contributed by atoms with Gasteiger partial charge in [-0.05, 0) is 37.1 Å². The first-order valence-electron chi connectivity index (χ1n) is 5.83. The Balaban J connectivity index is 1.96. The van der Waals surface area contributed by atoms with Crippen molar-refractivity contribution in [3.8, 4) is 0 Å². The maximum absolute atomic E-state index is 11.3. The van der Waals surface area contributed by atoms with E-state index in [0.29, 0.717) is 17.8 Å². The van der Waals surface area contributed by atoms with Crippen LogP contribution in [0.4, 0.5) is 5.69 Å². The van der Waals surface area contributed by atoms with E-state index in [1.54, 1.807) is 0 Å². The second kappa shape index (κ2) is 5.24. The molecule has 1 fully saturated rings. The van der Waals surface area contributed by atoms with Gasteiger partial charge < -0.3 is 11.1 Å². The highest BCUT2D eigenvalue weighted by Gasteiger charge is 2.23. The fourth-order valence-electron chi connectivity index (χ4n) is 2.00. The normalized spacial score (nSPS) is 19.3. The Kier molecular flexibility index (Phi) is 3.87. The van der Waals surface area contributed by atoms with E-state index in [1.165, 1.54) is 0 Å². The molecule has 0 aromatic heterocycles. The Labute approximate surface area is 112 Å². The minimum Gasteiger partial charge on any atom is -0.389 e. The van der Waals surface area contributed by atoms with Crippen molar-refractivity contribution >= 4 is 32.7 Å². The summed E-state index contributed by atoms with van der Waals surface area (Å²) in [6.07, 6.45) is 1.33. The van der Waals surface area contributed by atoms with Gasteiger partial charge in [0, 0.05) is 17.3 Å². The van der Waals surface area contributed by atoms with Crippen LogP contribution >= 0.6 is 12.2 Å². The number of benzene rings is 1. The summed E-state index contributed by atoms with van der Waals surface area (Å²) < 4.78 is 22.6. The second-order valence-corrected chi connectivity index (χ2v) is 7.26. The number of hydrogen-bond acceptors (Lipinski definition) is 4. The van der Waals surface area contributed by atoms with Crippen LogP contribution in [0.3, 0.4) is 0 Å². The Hall–Kier alpha value is -1.14. The smallest absolute Gasteiger partial charge is 0.150 e. The molecular weight excluding hydrogens is 268 g/mol. The van der Waals surface area contributed by atoms with Crippen molar-refractivity contribution < 1.29 is 8.42 Å². The van der Waals surface area contributed by atoms with E-state index >= 15 is 0 Å². The van der Waals surface area contributed by atoms with Gasteiger partial charge in [0.25, 0.3) is 0 Å². The van der Waals surface area contributed by atoms with Crippen LogP contribution in [0.2, 0.25) is 0 Å². The molecule has 6 heteroatoms. The topological polar surface area (TPSA) is 72.2 Å². The number of rotatable bonds is 3. The summed E-state index contributed by atoms with van der Waals surface area (Å²) >= 11 is 4.88. The lowest BCUT2D eigenvalue weighted by atomic mass is 10.1. The van der Waals surface area contributed by atoms with Gasteiger partial charge in [-0.1, -0.05) is 12.2 Å². The molecule has 3 N–H and O–H groups in total. The van der Waals surface area contributed by atoms with E-state index in [4.69, 9.17) is 18.0 Å². The first-order chi connectivity index (χ1) is 8.46. The van der Waals surface area contributed by atoms with Crippen LogP contribution in [-0.4, -0.2) is 31.0 Å². The molecule has 1 aromatic rings. The van der Waals surface area contributed by atoms with E-state index in [0.717, 1.165) is 11.3 Å². The zero-order valence-corrected chi connectivity index (χ0v) is 11.6. The molecule has 0 bridgehead atoms. The number of anilines is 1. The van der Waals surface area contributed by atoms with Crippen molar-refractivity contribution in [2.45, 2.75) is 18.9 Å². The summed E-state index contributed by atoms with van der Waals surface area (Å²) in [5.74, 6) is 0.547. The largest absolute Gasteiger partial charge is 0.389 e.